The highest BCUT2D eigenvalue weighted by Gasteiger charge is 2.35. The number of hydrogen-bond acceptors (Lipinski definition) is 3. The van der Waals surface area contributed by atoms with Crippen LogP contribution in [0.5, 0.6) is 0 Å². The first-order chi connectivity index (χ1) is 10.8. The Balaban J connectivity index is 1.80. The van der Waals surface area contributed by atoms with Crippen LogP contribution in [0.2, 0.25) is 0 Å². The van der Waals surface area contributed by atoms with Crippen LogP contribution in [0.25, 0.3) is 0 Å². The number of epoxide rings is 1. The van der Waals surface area contributed by atoms with Gasteiger partial charge in [0.05, 0.1) is 19.3 Å². The maximum Gasteiger partial charge on any atom is 0.305 e. The Labute approximate surface area is 135 Å². The highest BCUT2D eigenvalue weighted by atomic mass is 16.6. The Morgan fingerprint density at radius 2 is 1.73 bits per heavy atom. The van der Waals surface area contributed by atoms with Gasteiger partial charge in [0.25, 0.3) is 0 Å². The summed E-state index contributed by atoms with van der Waals surface area (Å²) in [5, 5.41) is 0. The van der Waals surface area contributed by atoms with Crippen molar-refractivity contribution in [2.75, 3.05) is 7.11 Å². The summed E-state index contributed by atoms with van der Waals surface area (Å²) in [6.07, 6.45) is 20.8. The minimum Gasteiger partial charge on any atom is -0.469 e. The zero-order chi connectivity index (χ0) is 16.0. The Bertz CT molecular complexity index is 347. The SMILES string of the molecule is CCC1OC1CC=CCC=CCCCCCCCC(=O)OC. The number of hydrogen-bond donors (Lipinski definition) is 0. The molecule has 1 aliphatic heterocycles. The molecule has 22 heavy (non-hydrogen) atoms. The van der Waals surface area contributed by atoms with Gasteiger partial charge in [0.2, 0.25) is 0 Å². The van der Waals surface area contributed by atoms with Crippen LogP contribution >= 0.6 is 0 Å². The van der Waals surface area contributed by atoms with Crippen molar-refractivity contribution < 1.29 is 14.3 Å². The van der Waals surface area contributed by atoms with Gasteiger partial charge in [-0.3, -0.25) is 4.79 Å². The predicted octanol–water partition coefficient (Wildman–Crippen LogP) is 4.96. The van der Waals surface area contributed by atoms with Crippen molar-refractivity contribution in [3.05, 3.63) is 24.3 Å². The van der Waals surface area contributed by atoms with E-state index in [2.05, 4.69) is 36.0 Å². The van der Waals surface area contributed by atoms with Crippen LogP contribution < -0.4 is 0 Å². The average molecular weight is 308 g/mol. The van der Waals surface area contributed by atoms with E-state index in [9.17, 15) is 4.79 Å². The van der Waals surface area contributed by atoms with Crippen LogP contribution in [0.1, 0.15) is 71.1 Å². The molecule has 0 spiro atoms. The highest BCUT2D eigenvalue weighted by molar-refractivity contribution is 5.68. The summed E-state index contributed by atoms with van der Waals surface area (Å²) in [7, 11) is 1.45. The van der Waals surface area contributed by atoms with E-state index in [1.807, 2.05) is 0 Å². The number of carbonyl (C=O) groups excluding carboxylic acids is 1. The molecule has 0 bridgehead atoms. The normalized spacial score (nSPS) is 20.8. The standard InChI is InChI=1S/C19H32O3/c1-3-17-18(22-17)15-13-11-9-7-5-4-6-8-10-12-14-16-19(20)21-2/h5,7,11,13,17-18H,3-4,6,8-10,12,14-16H2,1-2H3. The van der Waals surface area contributed by atoms with Crippen molar-refractivity contribution >= 4 is 5.97 Å². The second-order valence-corrected chi connectivity index (χ2v) is 5.92. The van der Waals surface area contributed by atoms with E-state index in [1.54, 1.807) is 0 Å². The van der Waals surface area contributed by atoms with E-state index in [-0.39, 0.29) is 5.97 Å². The number of rotatable bonds is 13. The molecule has 0 aromatic rings. The van der Waals surface area contributed by atoms with Gasteiger partial charge in [-0.15, -0.1) is 0 Å². The summed E-state index contributed by atoms with van der Waals surface area (Å²) in [5.41, 5.74) is 0. The minimum absolute atomic E-state index is 0.0885. The lowest BCUT2D eigenvalue weighted by molar-refractivity contribution is -0.140. The van der Waals surface area contributed by atoms with Crippen molar-refractivity contribution in [2.24, 2.45) is 0 Å². The lowest BCUT2D eigenvalue weighted by atomic mass is 10.1. The molecule has 0 aliphatic carbocycles. The first kappa shape index (κ1) is 19.0. The summed E-state index contributed by atoms with van der Waals surface area (Å²) < 4.78 is 10.1. The molecule has 2 unspecified atom stereocenters. The number of esters is 1. The molecule has 1 heterocycles. The molecule has 0 amide bonds. The number of carbonyl (C=O) groups is 1. The molecule has 126 valence electrons. The molecule has 3 nitrogen and oxygen atoms in total. The third-order valence-corrected chi connectivity index (χ3v) is 4.04. The van der Waals surface area contributed by atoms with E-state index in [0.717, 1.165) is 38.5 Å². The topological polar surface area (TPSA) is 38.8 Å². The van der Waals surface area contributed by atoms with Crippen molar-refractivity contribution in [1.29, 1.82) is 0 Å². The molecule has 3 heteroatoms. The summed E-state index contributed by atoms with van der Waals surface area (Å²) in [4.78, 5) is 10.9. The maximum atomic E-state index is 10.9. The third-order valence-electron chi connectivity index (χ3n) is 4.04. The van der Waals surface area contributed by atoms with Gasteiger partial charge in [-0.25, -0.2) is 0 Å². The molecule has 1 rings (SSSR count). The van der Waals surface area contributed by atoms with Crippen molar-refractivity contribution in [2.45, 2.75) is 83.3 Å². The molecular weight excluding hydrogens is 276 g/mol. The van der Waals surface area contributed by atoms with Crippen molar-refractivity contribution in [3.63, 3.8) is 0 Å². The van der Waals surface area contributed by atoms with Crippen LogP contribution in [-0.4, -0.2) is 25.3 Å². The number of methoxy groups -OCH3 is 1. The Hall–Kier alpha value is -1.09. The Morgan fingerprint density at radius 3 is 2.45 bits per heavy atom. The first-order valence-corrected chi connectivity index (χ1v) is 8.80. The zero-order valence-electron chi connectivity index (χ0n) is 14.3. The molecular formula is C19H32O3. The van der Waals surface area contributed by atoms with Crippen molar-refractivity contribution in [1.82, 2.24) is 0 Å². The molecule has 1 fully saturated rings. The third kappa shape index (κ3) is 9.78. The van der Waals surface area contributed by atoms with E-state index in [4.69, 9.17) is 4.74 Å². The molecule has 1 aliphatic rings. The van der Waals surface area contributed by atoms with Gasteiger partial charge < -0.3 is 9.47 Å². The zero-order valence-corrected chi connectivity index (χ0v) is 14.3. The van der Waals surface area contributed by atoms with Gasteiger partial charge in [-0.05, 0) is 38.5 Å². The number of unbranched alkanes of at least 4 members (excludes halogenated alkanes) is 5. The lowest BCUT2D eigenvalue weighted by Crippen LogP contribution is -1.98. The van der Waals surface area contributed by atoms with Crippen LogP contribution in [-0.2, 0) is 14.3 Å². The smallest absolute Gasteiger partial charge is 0.305 e. The maximum absolute atomic E-state index is 10.9. The number of allylic oxidation sites excluding steroid dienone is 3. The molecule has 0 aromatic heterocycles. The second-order valence-electron chi connectivity index (χ2n) is 5.92. The fraction of sp³-hybridized carbons (Fsp3) is 0.737. The predicted molar refractivity (Wildman–Crippen MR) is 90.8 cm³/mol. The lowest BCUT2D eigenvalue weighted by Gasteiger charge is -1.99. The Morgan fingerprint density at radius 1 is 1.00 bits per heavy atom. The van der Waals surface area contributed by atoms with Gasteiger partial charge in [-0.2, -0.15) is 0 Å². The van der Waals surface area contributed by atoms with Crippen LogP contribution in [0, 0.1) is 0 Å². The molecule has 0 N–H and O–H groups in total. The molecule has 2 atom stereocenters. The molecule has 0 radical (unpaired) electrons. The summed E-state index contributed by atoms with van der Waals surface area (Å²) >= 11 is 0. The van der Waals surface area contributed by atoms with E-state index < -0.39 is 0 Å². The fourth-order valence-corrected chi connectivity index (χ4v) is 2.53. The minimum atomic E-state index is -0.0885. The molecule has 0 aromatic carbocycles. The summed E-state index contributed by atoms with van der Waals surface area (Å²) in [6.45, 7) is 2.18. The van der Waals surface area contributed by atoms with E-state index in [0.29, 0.717) is 18.6 Å². The van der Waals surface area contributed by atoms with Crippen LogP contribution in [0.4, 0.5) is 0 Å². The van der Waals surface area contributed by atoms with E-state index in [1.165, 1.54) is 26.4 Å². The van der Waals surface area contributed by atoms with Gasteiger partial charge in [0.15, 0.2) is 0 Å². The molecule has 1 saturated heterocycles. The first-order valence-electron chi connectivity index (χ1n) is 8.80. The summed E-state index contributed by atoms with van der Waals surface area (Å²) in [6, 6.07) is 0. The fourth-order valence-electron chi connectivity index (χ4n) is 2.53. The Kier molecular flexibility index (Phi) is 10.7. The van der Waals surface area contributed by atoms with E-state index >= 15 is 0 Å². The number of ether oxygens (including phenoxy) is 2. The van der Waals surface area contributed by atoms with Crippen LogP contribution in [0.15, 0.2) is 24.3 Å². The van der Waals surface area contributed by atoms with Gasteiger partial charge in [0, 0.05) is 6.42 Å². The second kappa shape index (κ2) is 12.5. The van der Waals surface area contributed by atoms with Crippen molar-refractivity contribution in [3.8, 4) is 0 Å². The van der Waals surface area contributed by atoms with Gasteiger partial charge in [0.1, 0.15) is 0 Å². The molecule has 0 saturated carbocycles. The highest BCUT2D eigenvalue weighted by Crippen LogP contribution is 2.28. The quantitative estimate of drug-likeness (QED) is 0.209. The average Bonchev–Trinajstić information content (AvgIpc) is 3.30. The van der Waals surface area contributed by atoms with Crippen LogP contribution in [0.3, 0.4) is 0 Å². The monoisotopic (exact) mass is 308 g/mol. The van der Waals surface area contributed by atoms with Gasteiger partial charge >= 0.3 is 5.97 Å². The van der Waals surface area contributed by atoms with Gasteiger partial charge in [-0.1, -0.05) is 50.5 Å². The largest absolute Gasteiger partial charge is 0.469 e. The summed E-state index contributed by atoms with van der Waals surface area (Å²) in [5.74, 6) is -0.0885.